The van der Waals surface area contributed by atoms with Crippen LogP contribution in [-0.2, 0) is 10.0 Å². The number of sulfonamides is 1. The molecule has 1 atom stereocenters. The molecule has 1 unspecified atom stereocenters. The molecule has 0 aromatic heterocycles. The predicted molar refractivity (Wildman–Crippen MR) is 87.9 cm³/mol. The number of para-hydroxylation sites is 1. The topological polar surface area (TPSA) is 84.2 Å². The Morgan fingerprint density at radius 2 is 1.95 bits per heavy atom. The van der Waals surface area contributed by atoms with E-state index in [9.17, 15) is 8.42 Å². The smallest absolute Gasteiger partial charge is 0.242 e. The molecular formula is C15H27N3O2S. The molecule has 1 rings (SSSR count). The zero-order valence-electron chi connectivity index (χ0n) is 12.9. The van der Waals surface area contributed by atoms with Gasteiger partial charge in [0.1, 0.15) is 4.90 Å². The minimum Gasteiger partial charge on any atom is -0.384 e. The highest BCUT2D eigenvalue weighted by Gasteiger charge is 2.17. The normalized spacial score (nSPS) is 13.1. The Kier molecular flexibility index (Phi) is 7.71. The van der Waals surface area contributed by atoms with Gasteiger partial charge in [-0.2, -0.15) is 0 Å². The zero-order valence-corrected chi connectivity index (χ0v) is 13.7. The van der Waals surface area contributed by atoms with E-state index in [1.807, 2.05) is 13.0 Å². The van der Waals surface area contributed by atoms with Crippen LogP contribution in [0.25, 0.3) is 0 Å². The maximum Gasteiger partial charge on any atom is 0.242 e. The molecule has 4 N–H and O–H groups in total. The van der Waals surface area contributed by atoms with Crippen molar-refractivity contribution in [2.24, 2.45) is 11.7 Å². The minimum atomic E-state index is -3.46. The fourth-order valence-electron chi connectivity index (χ4n) is 2.10. The highest BCUT2D eigenvalue weighted by atomic mass is 32.2. The van der Waals surface area contributed by atoms with Gasteiger partial charge in [-0.25, -0.2) is 13.1 Å². The molecule has 1 aromatic rings. The third-order valence-corrected chi connectivity index (χ3v) is 4.97. The number of nitrogens with two attached hydrogens (primary N) is 1. The molecule has 21 heavy (non-hydrogen) atoms. The van der Waals surface area contributed by atoms with E-state index in [4.69, 9.17) is 5.73 Å². The third kappa shape index (κ3) is 5.65. The van der Waals surface area contributed by atoms with Gasteiger partial charge in [-0.1, -0.05) is 32.4 Å². The van der Waals surface area contributed by atoms with Crippen LogP contribution in [0.15, 0.2) is 29.2 Å². The maximum atomic E-state index is 12.3. The first kappa shape index (κ1) is 17.9. The average Bonchev–Trinajstić information content (AvgIpc) is 2.49. The molecule has 0 saturated carbocycles. The van der Waals surface area contributed by atoms with Crippen LogP contribution in [-0.4, -0.2) is 28.1 Å². The number of anilines is 1. The van der Waals surface area contributed by atoms with E-state index < -0.39 is 10.0 Å². The van der Waals surface area contributed by atoms with Gasteiger partial charge in [0, 0.05) is 13.1 Å². The molecule has 0 bridgehead atoms. The Bertz CT molecular complexity index is 517. The van der Waals surface area contributed by atoms with Gasteiger partial charge in [-0.05, 0) is 37.4 Å². The Hall–Kier alpha value is -1.11. The molecule has 0 fully saturated rings. The molecule has 5 nitrogen and oxygen atoms in total. The molecule has 1 aromatic carbocycles. The Morgan fingerprint density at radius 3 is 2.57 bits per heavy atom. The largest absolute Gasteiger partial charge is 0.384 e. The minimum absolute atomic E-state index is 0.307. The molecule has 120 valence electrons. The summed E-state index contributed by atoms with van der Waals surface area (Å²) in [5, 5.41) is 3.26. The number of benzene rings is 1. The lowest BCUT2D eigenvalue weighted by molar-refractivity contribution is 0.501. The van der Waals surface area contributed by atoms with Crippen LogP contribution in [0.2, 0.25) is 0 Å². The Labute approximate surface area is 128 Å². The van der Waals surface area contributed by atoms with Crippen LogP contribution >= 0.6 is 0 Å². The van der Waals surface area contributed by atoms with Crippen molar-refractivity contribution in [3.63, 3.8) is 0 Å². The standard InChI is InChI=1S/C15H27N3O2S/c1-3-11-18-21(19,20)15-8-6-5-7-14(15)17-12-13(4-2)9-10-16/h5-8,13,17-18H,3-4,9-12,16H2,1-2H3. The van der Waals surface area contributed by atoms with Crippen LogP contribution < -0.4 is 15.8 Å². The van der Waals surface area contributed by atoms with Crippen molar-refractivity contribution < 1.29 is 8.42 Å². The first-order valence-corrected chi connectivity index (χ1v) is 9.06. The van der Waals surface area contributed by atoms with Crippen LogP contribution in [0, 0.1) is 5.92 Å². The monoisotopic (exact) mass is 313 g/mol. The number of hydrogen-bond donors (Lipinski definition) is 3. The second kappa shape index (κ2) is 9.02. The number of hydrogen-bond acceptors (Lipinski definition) is 4. The molecule has 0 amide bonds. The summed E-state index contributed by atoms with van der Waals surface area (Å²) in [6.45, 7) is 5.88. The molecule has 0 aliphatic heterocycles. The van der Waals surface area contributed by atoms with Crippen molar-refractivity contribution >= 4 is 15.7 Å². The van der Waals surface area contributed by atoms with E-state index >= 15 is 0 Å². The third-order valence-electron chi connectivity index (χ3n) is 3.45. The van der Waals surface area contributed by atoms with Crippen molar-refractivity contribution in [1.82, 2.24) is 4.72 Å². The van der Waals surface area contributed by atoms with E-state index in [2.05, 4.69) is 17.0 Å². The van der Waals surface area contributed by atoms with Crippen molar-refractivity contribution in [3.8, 4) is 0 Å². The van der Waals surface area contributed by atoms with Crippen LogP contribution in [0.1, 0.15) is 33.1 Å². The molecule has 0 radical (unpaired) electrons. The molecule has 0 aliphatic carbocycles. The first-order valence-electron chi connectivity index (χ1n) is 7.57. The van der Waals surface area contributed by atoms with Gasteiger partial charge in [0.15, 0.2) is 0 Å². The second-order valence-electron chi connectivity index (χ2n) is 5.13. The summed E-state index contributed by atoms with van der Waals surface area (Å²) in [4.78, 5) is 0.307. The van der Waals surface area contributed by atoms with Gasteiger partial charge < -0.3 is 11.1 Å². The van der Waals surface area contributed by atoms with Crippen LogP contribution in [0.3, 0.4) is 0 Å². The summed E-state index contributed by atoms with van der Waals surface area (Å²) < 4.78 is 27.2. The number of rotatable bonds is 10. The second-order valence-corrected chi connectivity index (χ2v) is 6.86. The summed E-state index contributed by atoms with van der Waals surface area (Å²) in [6, 6.07) is 7.01. The van der Waals surface area contributed by atoms with Crippen molar-refractivity contribution in [3.05, 3.63) is 24.3 Å². The average molecular weight is 313 g/mol. The summed E-state index contributed by atoms with van der Waals surface area (Å²) in [6.07, 6.45) is 2.73. The highest BCUT2D eigenvalue weighted by Crippen LogP contribution is 2.21. The molecule has 6 heteroatoms. The van der Waals surface area contributed by atoms with Crippen LogP contribution in [0.5, 0.6) is 0 Å². The summed E-state index contributed by atoms with van der Waals surface area (Å²) in [5.41, 5.74) is 6.24. The number of nitrogens with one attached hydrogen (secondary N) is 2. The lowest BCUT2D eigenvalue weighted by atomic mass is 10.0. The molecular weight excluding hydrogens is 286 g/mol. The Balaban J connectivity index is 2.84. The fraction of sp³-hybridized carbons (Fsp3) is 0.600. The van der Waals surface area contributed by atoms with E-state index in [0.717, 1.165) is 25.8 Å². The van der Waals surface area contributed by atoms with E-state index in [1.54, 1.807) is 18.2 Å². The lowest BCUT2D eigenvalue weighted by Gasteiger charge is -2.18. The quantitative estimate of drug-likeness (QED) is 0.618. The summed E-state index contributed by atoms with van der Waals surface area (Å²) >= 11 is 0. The molecule has 0 spiro atoms. The van der Waals surface area contributed by atoms with Gasteiger partial charge >= 0.3 is 0 Å². The lowest BCUT2D eigenvalue weighted by Crippen LogP contribution is -2.26. The fourth-order valence-corrected chi connectivity index (χ4v) is 3.42. The predicted octanol–water partition coefficient (Wildman–Crippen LogP) is 2.16. The zero-order chi connectivity index (χ0) is 15.7. The maximum absolute atomic E-state index is 12.3. The van der Waals surface area contributed by atoms with Gasteiger partial charge in [0.25, 0.3) is 0 Å². The molecule has 0 aliphatic rings. The van der Waals surface area contributed by atoms with Gasteiger partial charge in [-0.3, -0.25) is 0 Å². The summed E-state index contributed by atoms with van der Waals surface area (Å²) in [7, 11) is -3.46. The van der Waals surface area contributed by atoms with Crippen molar-refractivity contribution in [2.75, 3.05) is 25.0 Å². The first-order chi connectivity index (χ1) is 10.0. The molecule has 0 heterocycles. The van der Waals surface area contributed by atoms with Crippen LogP contribution in [0.4, 0.5) is 5.69 Å². The van der Waals surface area contributed by atoms with E-state index in [0.29, 0.717) is 29.6 Å². The van der Waals surface area contributed by atoms with Gasteiger partial charge in [0.2, 0.25) is 10.0 Å². The van der Waals surface area contributed by atoms with Gasteiger partial charge in [-0.15, -0.1) is 0 Å². The van der Waals surface area contributed by atoms with Crippen molar-refractivity contribution in [2.45, 2.75) is 38.0 Å². The van der Waals surface area contributed by atoms with E-state index in [1.165, 1.54) is 0 Å². The highest BCUT2D eigenvalue weighted by molar-refractivity contribution is 7.89. The van der Waals surface area contributed by atoms with E-state index in [-0.39, 0.29) is 0 Å². The summed E-state index contributed by atoms with van der Waals surface area (Å²) in [5.74, 6) is 0.453. The SMILES string of the molecule is CCCNS(=O)(=O)c1ccccc1NCC(CC)CCN. The van der Waals surface area contributed by atoms with Gasteiger partial charge in [0.05, 0.1) is 5.69 Å². The Morgan fingerprint density at radius 1 is 1.24 bits per heavy atom. The molecule has 0 saturated heterocycles. The van der Waals surface area contributed by atoms with Crippen molar-refractivity contribution in [1.29, 1.82) is 0 Å².